The molecular formula is C38H29F9O. The zero-order valence-electron chi connectivity index (χ0n) is 25.6. The topological polar surface area (TPSA) is 9.23 Å². The van der Waals surface area contributed by atoms with E-state index in [0.29, 0.717) is 24.1 Å². The fourth-order valence-electron chi connectivity index (χ4n) is 6.65. The molecule has 0 bridgehead atoms. The molecule has 1 nitrogen and oxygen atoms in total. The summed E-state index contributed by atoms with van der Waals surface area (Å²) >= 11 is 0. The van der Waals surface area contributed by atoms with Crippen molar-refractivity contribution >= 4 is 10.8 Å². The van der Waals surface area contributed by atoms with E-state index in [4.69, 9.17) is 0 Å². The number of ether oxygens (including phenoxy) is 1. The number of hydrogen-bond acceptors (Lipinski definition) is 1. The number of fused-ring (bicyclic) bond motifs is 1. The van der Waals surface area contributed by atoms with E-state index < -0.39 is 69.3 Å². The largest absolute Gasteiger partial charge is 0.429 e. The van der Waals surface area contributed by atoms with Crippen LogP contribution in [0.5, 0.6) is 5.75 Å². The predicted molar refractivity (Wildman–Crippen MR) is 165 cm³/mol. The maximum absolute atomic E-state index is 15.2. The summed E-state index contributed by atoms with van der Waals surface area (Å²) in [4.78, 5) is 0. The molecule has 1 aliphatic carbocycles. The molecule has 0 N–H and O–H groups in total. The summed E-state index contributed by atoms with van der Waals surface area (Å²) in [5, 5.41) is -0.314. The van der Waals surface area contributed by atoms with Crippen molar-refractivity contribution in [1.29, 1.82) is 0 Å². The standard InChI is InChI=1S/C38H29F9O/c1-2-3-20-4-6-21(7-5-20)22-8-12-29(30(39)15-22)35-32(41)17-25(18-33(35)42)38(46,47)48-26-10-13-27(31(40)19-26)23-9-11-28-24(14-23)16-34(43)37(45)36(28)44/h8-21H,2-7H2,1H3. The van der Waals surface area contributed by atoms with Crippen molar-refractivity contribution in [3.63, 3.8) is 0 Å². The first-order valence-corrected chi connectivity index (χ1v) is 15.6. The summed E-state index contributed by atoms with van der Waals surface area (Å²) in [5.41, 5.74) is -1.78. The van der Waals surface area contributed by atoms with Crippen LogP contribution in [0.2, 0.25) is 0 Å². The lowest BCUT2D eigenvalue weighted by atomic mass is 9.77. The van der Waals surface area contributed by atoms with E-state index >= 15 is 26.3 Å². The number of hydrogen-bond donors (Lipinski definition) is 0. The second-order valence-corrected chi connectivity index (χ2v) is 12.2. The molecule has 0 radical (unpaired) electrons. The molecule has 0 saturated heterocycles. The van der Waals surface area contributed by atoms with Crippen molar-refractivity contribution in [3.8, 4) is 28.0 Å². The molecular weight excluding hydrogens is 643 g/mol. The Morgan fingerprint density at radius 3 is 1.96 bits per heavy atom. The zero-order valence-corrected chi connectivity index (χ0v) is 25.6. The highest BCUT2D eigenvalue weighted by molar-refractivity contribution is 5.88. The first-order valence-electron chi connectivity index (χ1n) is 15.6. The van der Waals surface area contributed by atoms with Crippen LogP contribution in [0.15, 0.2) is 72.8 Å². The Labute approximate surface area is 271 Å². The average molecular weight is 673 g/mol. The molecule has 0 atom stereocenters. The molecule has 1 saturated carbocycles. The Balaban J connectivity index is 1.21. The molecule has 0 aromatic heterocycles. The summed E-state index contributed by atoms with van der Waals surface area (Å²) in [5.74, 6) is -9.26. The number of rotatable bonds is 8. The van der Waals surface area contributed by atoms with Crippen LogP contribution in [-0.2, 0) is 6.11 Å². The quantitative estimate of drug-likeness (QED) is 0.118. The van der Waals surface area contributed by atoms with Crippen LogP contribution in [0.1, 0.15) is 62.5 Å². The molecule has 0 aliphatic heterocycles. The van der Waals surface area contributed by atoms with Crippen LogP contribution < -0.4 is 4.74 Å². The van der Waals surface area contributed by atoms with Crippen LogP contribution in [0, 0.1) is 46.6 Å². The Morgan fingerprint density at radius 1 is 0.646 bits per heavy atom. The van der Waals surface area contributed by atoms with Gasteiger partial charge in [0.1, 0.15) is 29.0 Å². The first-order chi connectivity index (χ1) is 22.9. The van der Waals surface area contributed by atoms with Gasteiger partial charge in [0.25, 0.3) is 0 Å². The van der Waals surface area contributed by atoms with Gasteiger partial charge in [0, 0.05) is 22.6 Å². The van der Waals surface area contributed by atoms with E-state index in [2.05, 4.69) is 11.7 Å². The van der Waals surface area contributed by atoms with E-state index in [1.54, 1.807) is 6.07 Å². The summed E-state index contributed by atoms with van der Waals surface area (Å²) < 4.78 is 137. The first kappa shape index (κ1) is 33.4. The number of benzene rings is 5. The monoisotopic (exact) mass is 672 g/mol. The highest BCUT2D eigenvalue weighted by Crippen LogP contribution is 2.41. The van der Waals surface area contributed by atoms with Crippen molar-refractivity contribution in [2.45, 2.75) is 57.5 Å². The lowest BCUT2D eigenvalue weighted by molar-refractivity contribution is -0.185. The molecule has 0 heterocycles. The predicted octanol–water partition coefficient (Wildman–Crippen LogP) is 12.3. The minimum Gasteiger partial charge on any atom is -0.429 e. The molecule has 48 heavy (non-hydrogen) atoms. The van der Waals surface area contributed by atoms with E-state index in [9.17, 15) is 13.2 Å². The smallest absolute Gasteiger partial charge is 0.426 e. The minimum absolute atomic E-state index is 0.0665. The van der Waals surface area contributed by atoms with Gasteiger partial charge in [0.2, 0.25) is 0 Å². The maximum Gasteiger partial charge on any atom is 0.426 e. The van der Waals surface area contributed by atoms with Gasteiger partial charge in [-0.3, -0.25) is 0 Å². The van der Waals surface area contributed by atoms with Gasteiger partial charge in [-0.1, -0.05) is 44.0 Å². The third-order valence-electron chi connectivity index (χ3n) is 9.13. The fraction of sp³-hybridized carbons (Fsp3) is 0.263. The SMILES string of the molecule is CCCC1CCC(c2ccc(-c3c(F)cc(C(F)(F)Oc4ccc(-c5ccc6c(F)c(F)c(F)cc6c5)c(F)c4)cc3F)c(F)c2)CC1. The van der Waals surface area contributed by atoms with Crippen molar-refractivity contribution in [2.24, 2.45) is 5.92 Å². The second kappa shape index (κ2) is 13.2. The number of alkyl halides is 2. The van der Waals surface area contributed by atoms with E-state index in [1.165, 1.54) is 24.3 Å². The molecule has 5 aromatic carbocycles. The fourth-order valence-corrected chi connectivity index (χ4v) is 6.65. The summed E-state index contributed by atoms with van der Waals surface area (Å²) in [6.07, 6.45) is 1.73. The third kappa shape index (κ3) is 6.49. The molecule has 0 unspecified atom stereocenters. The van der Waals surface area contributed by atoms with Crippen LogP contribution in [0.4, 0.5) is 39.5 Å². The van der Waals surface area contributed by atoms with Gasteiger partial charge in [-0.25, -0.2) is 30.7 Å². The molecule has 250 valence electrons. The lowest BCUT2D eigenvalue weighted by Gasteiger charge is -2.28. The molecule has 6 rings (SSSR count). The highest BCUT2D eigenvalue weighted by atomic mass is 19.3. The van der Waals surface area contributed by atoms with Crippen molar-refractivity contribution in [1.82, 2.24) is 0 Å². The zero-order chi connectivity index (χ0) is 34.3. The van der Waals surface area contributed by atoms with Gasteiger partial charge in [0.05, 0.1) is 11.1 Å². The maximum atomic E-state index is 15.2. The summed E-state index contributed by atoms with van der Waals surface area (Å²) in [6, 6.07) is 11.7. The molecule has 1 aliphatic rings. The Bertz CT molecular complexity index is 1970. The van der Waals surface area contributed by atoms with E-state index in [1.807, 2.05) is 0 Å². The van der Waals surface area contributed by atoms with Crippen LogP contribution in [-0.4, -0.2) is 0 Å². The van der Waals surface area contributed by atoms with Crippen LogP contribution in [0.25, 0.3) is 33.0 Å². The van der Waals surface area contributed by atoms with Gasteiger partial charge in [0.15, 0.2) is 17.5 Å². The van der Waals surface area contributed by atoms with Gasteiger partial charge in [-0.2, -0.15) is 8.78 Å². The molecule has 10 heteroatoms. The normalized spacial score (nSPS) is 16.8. The molecule has 5 aromatic rings. The van der Waals surface area contributed by atoms with Crippen LogP contribution in [0.3, 0.4) is 0 Å². The van der Waals surface area contributed by atoms with Crippen molar-refractivity contribution < 1.29 is 44.3 Å². The van der Waals surface area contributed by atoms with Crippen LogP contribution >= 0.6 is 0 Å². The number of halogens is 9. The molecule has 0 amide bonds. The minimum atomic E-state index is -4.34. The van der Waals surface area contributed by atoms with E-state index in [0.717, 1.165) is 68.4 Å². The Morgan fingerprint density at radius 2 is 1.31 bits per heavy atom. The summed E-state index contributed by atoms with van der Waals surface area (Å²) in [7, 11) is 0. The second-order valence-electron chi connectivity index (χ2n) is 12.2. The van der Waals surface area contributed by atoms with Gasteiger partial charge >= 0.3 is 6.11 Å². The van der Waals surface area contributed by atoms with E-state index in [-0.39, 0.29) is 27.8 Å². The van der Waals surface area contributed by atoms with Gasteiger partial charge < -0.3 is 4.74 Å². The molecule has 0 spiro atoms. The Kier molecular flexibility index (Phi) is 9.20. The third-order valence-corrected chi connectivity index (χ3v) is 9.13. The van der Waals surface area contributed by atoms with Crippen molar-refractivity contribution in [3.05, 3.63) is 125 Å². The average Bonchev–Trinajstić information content (AvgIpc) is 3.04. The Hall–Kier alpha value is -4.47. The van der Waals surface area contributed by atoms with Gasteiger partial charge in [-0.05, 0) is 96.5 Å². The lowest BCUT2D eigenvalue weighted by Crippen LogP contribution is -2.22. The molecule has 1 fully saturated rings. The van der Waals surface area contributed by atoms with Crippen molar-refractivity contribution in [2.75, 3.05) is 0 Å². The van der Waals surface area contributed by atoms with Gasteiger partial charge in [-0.15, -0.1) is 0 Å². The highest BCUT2D eigenvalue weighted by Gasteiger charge is 2.37. The summed E-state index contributed by atoms with van der Waals surface area (Å²) in [6.45, 7) is 2.14.